The number of aryl methyl sites for hydroxylation is 1. The van der Waals surface area contributed by atoms with Crippen molar-refractivity contribution in [1.29, 1.82) is 0 Å². The topological polar surface area (TPSA) is 54.5 Å². The van der Waals surface area contributed by atoms with Crippen LogP contribution in [-0.4, -0.2) is 37.3 Å². The van der Waals surface area contributed by atoms with Crippen LogP contribution in [0.5, 0.6) is 0 Å². The number of halogens is 1. The van der Waals surface area contributed by atoms with Gasteiger partial charge in [0.1, 0.15) is 5.75 Å². The smallest absolute Gasteiger partial charge is 0.238 e. The van der Waals surface area contributed by atoms with Crippen molar-refractivity contribution in [3.63, 3.8) is 0 Å². The molecule has 120 valence electrons. The second-order valence-corrected chi connectivity index (χ2v) is 8.36. The predicted octanol–water partition coefficient (Wildman–Crippen LogP) is 2.69. The van der Waals surface area contributed by atoms with Crippen LogP contribution in [0, 0.1) is 0 Å². The highest BCUT2D eigenvalue weighted by molar-refractivity contribution is 7.92. The number of hydrogen-bond acceptors (Lipinski definition) is 3. The van der Waals surface area contributed by atoms with Gasteiger partial charge in [0.15, 0.2) is 9.84 Å². The third kappa shape index (κ3) is 3.90. The van der Waals surface area contributed by atoms with Crippen molar-refractivity contribution in [3.8, 4) is 0 Å². The highest BCUT2D eigenvalue weighted by Crippen LogP contribution is 2.36. The minimum absolute atomic E-state index is 0.0460. The molecule has 0 fully saturated rings. The molecule has 0 saturated carbocycles. The quantitative estimate of drug-likeness (QED) is 0.799. The van der Waals surface area contributed by atoms with Crippen LogP contribution in [-0.2, 0) is 21.1 Å². The Kier molecular flexibility index (Phi) is 5.29. The van der Waals surface area contributed by atoms with Crippen molar-refractivity contribution < 1.29 is 13.2 Å². The van der Waals surface area contributed by atoms with Crippen molar-refractivity contribution in [2.45, 2.75) is 25.8 Å². The van der Waals surface area contributed by atoms with E-state index >= 15 is 0 Å². The van der Waals surface area contributed by atoms with Gasteiger partial charge in [-0.25, -0.2) is 8.42 Å². The molecule has 1 aromatic carbocycles. The van der Waals surface area contributed by atoms with Gasteiger partial charge in [-0.2, -0.15) is 0 Å². The van der Waals surface area contributed by atoms with E-state index in [0.29, 0.717) is 5.03 Å². The van der Waals surface area contributed by atoms with Gasteiger partial charge in [0.2, 0.25) is 5.91 Å². The second-order valence-electron chi connectivity index (χ2n) is 5.47. The molecule has 6 heteroatoms. The molecule has 0 aromatic heterocycles. The van der Waals surface area contributed by atoms with Gasteiger partial charge in [0.25, 0.3) is 0 Å². The Morgan fingerprint density at radius 3 is 2.73 bits per heavy atom. The van der Waals surface area contributed by atoms with Crippen LogP contribution in [0.15, 0.2) is 35.9 Å². The van der Waals surface area contributed by atoms with E-state index in [1.807, 2.05) is 24.3 Å². The lowest BCUT2D eigenvalue weighted by molar-refractivity contribution is -0.130. The molecule has 0 aliphatic heterocycles. The van der Waals surface area contributed by atoms with Gasteiger partial charge in [0.05, 0.1) is 12.6 Å². The lowest BCUT2D eigenvalue weighted by Crippen LogP contribution is -2.39. The van der Waals surface area contributed by atoms with E-state index in [9.17, 15) is 13.2 Å². The summed E-state index contributed by atoms with van der Waals surface area (Å²) < 4.78 is 23.5. The van der Waals surface area contributed by atoms with Crippen LogP contribution < -0.4 is 0 Å². The van der Waals surface area contributed by atoms with Gasteiger partial charge >= 0.3 is 0 Å². The Bertz CT molecular complexity index is 684. The summed E-state index contributed by atoms with van der Waals surface area (Å²) in [5.41, 5.74) is 2.27. The number of rotatable bonds is 6. The Morgan fingerprint density at radius 1 is 1.41 bits per heavy atom. The summed E-state index contributed by atoms with van der Waals surface area (Å²) in [6.07, 6.45) is 1.65. The molecule has 22 heavy (non-hydrogen) atoms. The number of nitrogens with zero attached hydrogens (tertiary/aromatic N) is 1. The zero-order chi connectivity index (χ0) is 16.3. The first-order chi connectivity index (χ1) is 10.3. The number of carbonyl (C=O) groups is 1. The number of sulfone groups is 1. The van der Waals surface area contributed by atoms with E-state index < -0.39 is 21.5 Å². The molecule has 1 unspecified atom stereocenters. The summed E-state index contributed by atoms with van der Waals surface area (Å²) in [5, 5.41) is 0.326. The number of amides is 1. The first kappa shape index (κ1) is 17.0. The molecule has 2 rings (SSSR count). The summed E-state index contributed by atoms with van der Waals surface area (Å²) in [7, 11) is -3.37. The van der Waals surface area contributed by atoms with Crippen molar-refractivity contribution in [2.24, 2.45) is 0 Å². The standard InChI is InChI=1S/C16H20ClNO3S/c1-3-22(20,21)11-16(19)18(10-12(2)17)15-9-8-13-6-4-5-7-14(13)15/h4-7,15H,2-3,8-11H2,1H3. The van der Waals surface area contributed by atoms with Gasteiger partial charge in [-0.15, -0.1) is 0 Å². The Balaban J connectivity index is 2.28. The van der Waals surface area contributed by atoms with Gasteiger partial charge in [-0.3, -0.25) is 4.79 Å². The van der Waals surface area contributed by atoms with Gasteiger partial charge in [0, 0.05) is 10.8 Å². The fourth-order valence-electron chi connectivity index (χ4n) is 2.79. The normalized spacial score (nSPS) is 17.1. The molecule has 0 heterocycles. The lowest BCUT2D eigenvalue weighted by Gasteiger charge is -2.29. The molecular formula is C16H20ClNO3S. The Hall–Kier alpha value is -1.33. The van der Waals surface area contributed by atoms with Gasteiger partial charge < -0.3 is 4.90 Å². The average Bonchev–Trinajstić information content (AvgIpc) is 2.88. The summed E-state index contributed by atoms with van der Waals surface area (Å²) in [6, 6.07) is 7.79. The molecule has 1 aliphatic carbocycles. The lowest BCUT2D eigenvalue weighted by atomic mass is 10.1. The van der Waals surface area contributed by atoms with Gasteiger partial charge in [-0.1, -0.05) is 49.4 Å². The monoisotopic (exact) mass is 341 g/mol. The van der Waals surface area contributed by atoms with Crippen molar-refractivity contribution in [3.05, 3.63) is 47.0 Å². The minimum Gasteiger partial charge on any atom is -0.330 e. The van der Waals surface area contributed by atoms with Crippen LogP contribution >= 0.6 is 11.6 Å². The SMILES string of the molecule is C=C(Cl)CN(C(=O)CS(=O)(=O)CC)C1CCc2ccccc21. The summed E-state index contributed by atoms with van der Waals surface area (Å²) in [6.45, 7) is 5.35. The van der Waals surface area contributed by atoms with E-state index in [4.69, 9.17) is 11.6 Å². The molecule has 1 amide bonds. The number of hydrogen-bond donors (Lipinski definition) is 0. The Labute approximate surface area is 136 Å². The first-order valence-electron chi connectivity index (χ1n) is 7.25. The number of carbonyl (C=O) groups excluding carboxylic acids is 1. The van der Waals surface area contributed by atoms with Gasteiger partial charge in [-0.05, 0) is 24.0 Å². The molecule has 1 aliphatic rings. The first-order valence-corrected chi connectivity index (χ1v) is 9.45. The summed E-state index contributed by atoms with van der Waals surface area (Å²) >= 11 is 5.89. The van der Waals surface area contributed by atoms with Crippen LogP contribution in [0.2, 0.25) is 0 Å². The highest BCUT2D eigenvalue weighted by Gasteiger charge is 2.32. The molecule has 0 spiro atoms. The molecule has 1 aromatic rings. The number of benzene rings is 1. The molecule has 0 N–H and O–H groups in total. The summed E-state index contributed by atoms with van der Waals surface area (Å²) in [4.78, 5) is 14.0. The maximum Gasteiger partial charge on any atom is 0.238 e. The molecule has 0 bridgehead atoms. The highest BCUT2D eigenvalue weighted by atomic mass is 35.5. The fraction of sp³-hybridized carbons (Fsp3) is 0.438. The third-order valence-electron chi connectivity index (χ3n) is 3.92. The van der Waals surface area contributed by atoms with Crippen molar-refractivity contribution in [1.82, 2.24) is 4.90 Å². The average molecular weight is 342 g/mol. The molecule has 0 saturated heterocycles. The molecular weight excluding hydrogens is 322 g/mol. The van der Waals surface area contributed by atoms with E-state index in [0.717, 1.165) is 18.4 Å². The maximum absolute atomic E-state index is 12.5. The second kappa shape index (κ2) is 6.84. The maximum atomic E-state index is 12.5. The van der Waals surface area contributed by atoms with Crippen LogP contribution in [0.1, 0.15) is 30.5 Å². The van der Waals surface area contributed by atoms with Crippen molar-refractivity contribution in [2.75, 3.05) is 18.1 Å². The number of fused-ring (bicyclic) bond motifs is 1. The van der Waals surface area contributed by atoms with Crippen LogP contribution in [0.3, 0.4) is 0 Å². The van der Waals surface area contributed by atoms with Crippen molar-refractivity contribution >= 4 is 27.3 Å². The van der Waals surface area contributed by atoms with E-state index in [1.54, 1.807) is 4.90 Å². The zero-order valence-corrected chi connectivity index (χ0v) is 14.2. The van der Waals surface area contributed by atoms with E-state index in [1.165, 1.54) is 12.5 Å². The van der Waals surface area contributed by atoms with Crippen LogP contribution in [0.4, 0.5) is 0 Å². The largest absolute Gasteiger partial charge is 0.330 e. The van der Waals surface area contributed by atoms with E-state index in [-0.39, 0.29) is 18.3 Å². The minimum atomic E-state index is -3.37. The Morgan fingerprint density at radius 2 is 2.09 bits per heavy atom. The predicted molar refractivity (Wildman–Crippen MR) is 88.5 cm³/mol. The summed E-state index contributed by atoms with van der Waals surface area (Å²) in [5.74, 6) is -0.938. The fourth-order valence-corrected chi connectivity index (χ4v) is 3.66. The zero-order valence-electron chi connectivity index (χ0n) is 12.6. The molecule has 4 nitrogen and oxygen atoms in total. The third-order valence-corrected chi connectivity index (χ3v) is 5.61. The molecule has 1 atom stereocenters. The molecule has 0 radical (unpaired) electrons. The van der Waals surface area contributed by atoms with Crippen LogP contribution in [0.25, 0.3) is 0 Å². The van der Waals surface area contributed by atoms with E-state index in [2.05, 4.69) is 6.58 Å².